The molecule has 0 bridgehead atoms. The Balaban J connectivity index is 2.09. The van der Waals surface area contributed by atoms with Crippen LogP contribution in [0.5, 0.6) is 0 Å². The topological polar surface area (TPSA) is 79.3 Å². The number of pyridine rings is 1. The maximum atomic E-state index is 12.1. The molecule has 5 heteroatoms. The van der Waals surface area contributed by atoms with Gasteiger partial charge in [-0.05, 0) is 25.5 Å². The van der Waals surface area contributed by atoms with Gasteiger partial charge in [0.15, 0.2) is 0 Å². The Morgan fingerprint density at radius 2 is 2.05 bits per heavy atom. The van der Waals surface area contributed by atoms with E-state index in [1.165, 1.54) is 0 Å². The van der Waals surface area contributed by atoms with Crippen LogP contribution >= 0.6 is 0 Å². The second-order valence-corrected chi connectivity index (χ2v) is 4.57. The van der Waals surface area contributed by atoms with Crippen LogP contribution in [0, 0.1) is 6.92 Å². The molecule has 2 rings (SSSR count). The van der Waals surface area contributed by atoms with E-state index in [9.17, 15) is 9.59 Å². The van der Waals surface area contributed by atoms with Crippen LogP contribution in [0.1, 0.15) is 28.9 Å². The molecule has 0 aliphatic carbocycles. The molecule has 0 spiro atoms. The fourth-order valence-corrected chi connectivity index (χ4v) is 1.98. The molecular formula is C15H16N2O3. The molecule has 0 aliphatic heterocycles. The number of aromatic nitrogens is 1. The molecule has 104 valence electrons. The number of carbonyl (C=O) groups excluding carboxylic acids is 1. The second kappa shape index (κ2) is 6.14. The van der Waals surface area contributed by atoms with E-state index >= 15 is 0 Å². The average Bonchev–Trinajstić information content (AvgIpc) is 2.42. The summed E-state index contributed by atoms with van der Waals surface area (Å²) < 4.78 is 0. The molecule has 0 unspecified atom stereocenters. The molecule has 0 fully saturated rings. The Morgan fingerprint density at radius 1 is 1.30 bits per heavy atom. The summed E-state index contributed by atoms with van der Waals surface area (Å²) in [5.74, 6) is -1.08. The van der Waals surface area contributed by atoms with Gasteiger partial charge in [0.25, 0.3) is 5.91 Å². The minimum atomic E-state index is -0.859. The van der Waals surface area contributed by atoms with Crippen LogP contribution in [0.2, 0.25) is 0 Å². The average molecular weight is 272 g/mol. The summed E-state index contributed by atoms with van der Waals surface area (Å²) in [6, 6.07) is 9.42. The minimum Gasteiger partial charge on any atom is -0.481 e. The number of nitrogens with zero attached hydrogens (tertiary/aromatic N) is 1. The van der Waals surface area contributed by atoms with Crippen LogP contribution in [-0.4, -0.2) is 28.5 Å². The smallest absolute Gasteiger partial charge is 0.303 e. The van der Waals surface area contributed by atoms with E-state index < -0.39 is 5.97 Å². The summed E-state index contributed by atoms with van der Waals surface area (Å²) in [5, 5.41) is 12.2. The van der Waals surface area contributed by atoms with Crippen molar-refractivity contribution in [3.8, 4) is 0 Å². The number of hydrogen-bond acceptors (Lipinski definition) is 3. The summed E-state index contributed by atoms with van der Waals surface area (Å²) >= 11 is 0. The quantitative estimate of drug-likeness (QED) is 0.817. The van der Waals surface area contributed by atoms with Crippen molar-refractivity contribution in [3.63, 3.8) is 0 Å². The van der Waals surface area contributed by atoms with Crippen molar-refractivity contribution >= 4 is 22.8 Å². The molecule has 0 atom stereocenters. The zero-order valence-corrected chi connectivity index (χ0v) is 11.2. The molecule has 0 radical (unpaired) electrons. The predicted octanol–water partition coefficient (Wildman–Crippen LogP) is 2.14. The fourth-order valence-electron chi connectivity index (χ4n) is 1.98. The number of amides is 1. The van der Waals surface area contributed by atoms with Gasteiger partial charge in [0.2, 0.25) is 0 Å². The molecule has 2 N–H and O–H groups in total. The van der Waals surface area contributed by atoms with Gasteiger partial charge in [0.05, 0.1) is 16.8 Å². The molecule has 0 saturated heterocycles. The number of rotatable bonds is 5. The standard InChI is InChI=1S/C15H16N2O3/c1-10-12(15(20)16-8-4-7-14(18)19)9-11-5-2-3-6-13(11)17-10/h2-3,5-6,9H,4,7-8H2,1H3,(H,16,20)(H,18,19). The lowest BCUT2D eigenvalue weighted by Crippen LogP contribution is -2.25. The monoisotopic (exact) mass is 272 g/mol. The van der Waals surface area contributed by atoms with Crippen molar-refractivity contribution < 1.29 is 14.7 Å². The summed E-state index contributed by atoms with van der Waals surface area (Å²) in [6.07, 6.45) is 0.469. The lowest BCUT2D eigenvalue weighted by Gasteiger charge is -2.08. The maximum Gasteiger partial charge on any atom is 0.303 e. The molecule has 1 heterocycles. The first-order valence-electron chi connectivity index (χ1n) is 6.44. The Bertz CT molecular complexity index is 653. The molecule has 1 amide bonds. The Hall–Kier alpha value is -2.43. The van der Waals surface area contributed by atoms with E-state index in [2.05, 4.69) is 10.3 Å². The summed E-state index contributed by atoms with van der Waals surface area (Å²) in [4.78, 5) is 26.8. The van der Waals surface area contributed by atoms with E-state index in [0.29, 0.717) is 24.2 Å². The van der Waals surface area contributed by atoms with Gasteiger partial charge in [-0.1, -0.05) is 18.2 Å². The second-order valence-electron chi connectivity index (χ2n) is 4.57. The van der Waals surface area contributed by atoms with E-state index in [1.54, 1.807) is 6.92 Å². The lowest BCUT2D eigenvalue weighted by molar-refractivity contribution is -0.137. The van der Waals surface area contributed by atoms with Crippen LogP contribution in [0.25, 0.3) is 10.9 Å². The molecule has 0 aliphatic rings. The van der Waals surface area contributed by atoms with Crippen LogP contribution in [0.15, 0.2) is 30.3 Å². The van der Waals surface area contributed by atoms with E-state index in [4.69, 9.17) is 5.11 Å². The number of nitrogens with one attached hydrogen (secondary N) is 1. The highest BCUT2D eigenvalue weighted by Gasteiger charge is 2.11. The van der Waals surface area contributed by atoms with Gasteiger partial charge in [0.1, 0.15) is 0 Å². The third-order valence-corrected chi connectivity index (χ3v) is 3.01. The summed E-state index contributed by atoms with van der Waals surface area (Å²) in [6.45, 7) is 2.13. The van der Waals surface area contributed by atoms with Crippen LogP contribution in [0.3, 0.4) is 0 Å². The Kier molecular flexibility index (Phi) is 4.30. The third-order valence-electron chi connectivity index (χ3n) is 3.01. The van der Waals surface area contributed by atoms with Crippen LogP contribution < -0.4 is 5.32 Å². The van der Waals surface area contributed by atoms with Gasteiger partial charge in [-0.2, -0.15) is 0 Å². The largest absolute Gasteiger partial charge is 0.481 e. The third kappa shape index (κ3) is 3.32. The van der Waals surface area contributed by atoms with Gasteiger partial charge >= 0.3 is 5.97 Å². The molecule has 1 aromatic heterocycles. The molecule has 2 aromatic rings. The number of carbonyl (C=O) groups is 2. The van der Waals surface area contributed by atoms with Crippen LogP contribution in [0.4, 0.5) is 0 Å². The number of aryl methyl sites for hydroxylation is 1. The van der Waals surface area contributed by atoms with Crippen molar-refractivity contribution in [2.24, 2.45) is 0 Å². The van der Waals surface area contributed by atoms with Crippen molar-refractivity contribution in [3.05, 3.63) is 41.6 Å². The predicted molar refractivity (Wildman–Crippen MR) is 75.7 cm³/mol. The van der Waals surface area contributed by atoms with Crippen molar-refractivity contribution in [1.29, 1.82) is 0 Å². The highest BCUT2D eigenvalue weighted by Crippen LogP contribution is 2.16. The number of hydrogen-bond donors (Lipinski definition) is 2. The molecule has 1 aromatic carbocycles. The number of carboxylic acid groups (broad SMARTS) is 1. The lowest BCUT2D eigenvalue weighted by atomic mass is 10.1. The van der Waals surface area contributed by atoms with E-state index in [-0.39, 0.29) is 12.3 Å². The van der Waals surface area contributed by atoms with E-state index in [1.807, 2.05) is 30.3 Å². The number of aliphatic carboxylic acids is 1. The van der Waals surface area contributed by atoms with Crippen molar-refractivity contribution in [2.45, 2.75) is 19.8 Å². The van der Waals surface area contributed by atoms with Crippen LogP contribution in [-0.2, 0) is 4.79 Å². The summed E-state index contributed by atoms with van der Waals surface area (Å²) in [7, 11) is 0. The van der Waals surface area contributed by atoms with Gasteiger partial charge in [0, 0.05) is 18.4 Å². The van der Waals surface area contributed by atoms with Crippen molar-refractivity contribution in [1.82, 2.24) is 10.3 Å². The first-order valence-corrected chi connectivity index (χ1v) is 6.44. The normalized spacial score (nSPS) is 10.4. The highest BCUT2D eigenvalue weighted by atomic mass is 16.4. The molecule has 0 saturated carbocycles. The van der Waals surface area contributed by atoms with Crippen molar-refractivity contribution in [2.75, 3.05) is 6.54 Å². The number of carboxylic acids is 1. The number of fused-ring (bicyclic) bond motifs is 1. The van der Waals surface area contributed by atoms with Gasteiger partial charge in [-0.25, -0.2) is 0 Å². The van der Waals surface area contributed by atoms with Gasteiger partial charge < -0.3 is 10.4 Å². The molecular weight excluding hydrogens is 256 g/mol. The molecule has 5 nitrogen and oxygen atoms in total. The fraction of sp³-hybridized carbons (Fsp3) is 0.267. The summed E-state index contributed by atoms with van der Waals surface area (Å²) in [5.41, 5.74) is 2.05. The van der Waals surface area contributed by atoms with E-state index in [0.717, 1.165) is 10.9 Å². The Labute approximate surface area is 116 Å². The first-order chi connectivity index (χ1) is 9.58. The number of benzene rings is 1. The number of para-hydroxylation sites is 1. The first kappa shape index (κ1) is 14.0. The zero-order chi connectivity index (χ0) is 14.5. The minimum absolute atomic E-state index is 0.0508. The maximum absolute atomic E-state index is 12.1. The Morgan fingerprint density at radius 3 is 2.80 bits per heavy atom. The van der Waals surface area contributed by atoms with Gasteiger partial charge in [-0.15, -0.1) is 0 Å². The van der Waals surface area contributed by atoms with Gasteiger partial charge in [-0.3, -0.25) is 14.6 Å². The highest BCUT2D eigenvalue weighted by molar-refractivity contribution is 5.98. The SMILES string of the molecule is Cc1nc2ccccc2cc1C(=O)NCCCC(=O)O. The molecule has 20 heavy (non-hydrogen) atoms. The zero-order valence-electron chi connectivity index (χ0n) is 11.2.